The fourth-order valence-corrected chi connectivity index (χ4v) is 3.47. The van der Waals surface area contributed by atoms with Crippen LogP contribution in [0.5, 0.6) is 0 Å². The molecule has 156 valence electrons. The van der Waals surface area contributed by atoms with E-state index in [1.54, 1.807) is 35.0 Å². The maximum Gasteiger partial charge on any atom is 0.295 e. The van der Waals surface area contributed by atoms with Gasteiger partial charge >= 0.3 is 0 Å². The molecule has 5 nitrogen and oxygen atoms in total. The van der Waals surface area contributed by atoms with Gasteiger partial charge in [-0.05, 0) is 73.5 Å². The van der Waals surface area contributed by atoms with Crippen molar-refractivity contribution < 1.29 is 4.79 Å². The van der Waals surface area contributed by atoms with Gasteiger partial charge in [-0.1, -0.05) is 46.9 Å². The van der Waals surface area contributed by atoms with Gasteiger partial charge in [0.15, 0.2) is 5.82 Å². The minimum absolute atomic E-state index is 0.0249. The second-order valence-corrected chi connectivity index (χ2v) is 8.23. The van der Waals surface area contributed by atoms with E-state index >= 15 is 0 Å². The first-order chi connectivity index (χ1) is 14.8. The van der Waals surface area contributed by atoms with E-state index in [1.807, 2.05) is 44.2 Å². The number of aromatic nitrogens is 3. The number of nitrogens with one attached hydrogen (secondary N) is 1. The standard InChI is InChI=1S/C23H17Cl3N4O/c1-13-4-3-5-20(14(13)2)27-23(31)21-28-22(15-6-8-16(24)9-7-15)30(29-21)17-10-11-18(25)19(26)12-17/h3-12H,1-2H3,(H,27,31). The summed E-state index contributed by atoms with van der Waals surface area (Å²) >= 11 is 18.3. The first-order valence-corrected chi connectivity index (χ1v) is 10.5. The van der Waals surface area contributed by atoms with Crippen LogP contribution in [-0.4, -0.2) is 20.7 Å². The number of aryl methyl sites for hydroxylation is 1. The fraction of sp³-hybridized carbons (Fsp3) is 0.0870. The predicted octanol–water partition coefficient (Wildman–Crippen LogP) is 6.76. The van der Waals surface area contributed by atoms with Crippen LogP contribution in [0.25, 0.3) is 17.1 Å². The monoisotopic (exact) mass is 470 g/mol. The number of hydrogen-bond acceptors (Lipinski definition) is 3. The third-order valence-corrected chi connectivity index (χ3v) is 5.90. The van der Waals surface area contributed by atoms with Crippen molar-refractivity contribution in [3.63, 3.8) is 0 Å². The number of amides is 1. The highest BCUT2D eigenvalue weighted by Gasteiger charge is 2.20. The van der Waals surface area contributed by atoms with Crippen molar-refractivity contribution in [2.24, 2.45) is 0 Å². The summed E-state index contributed by atoms with van der Waals surface area (Å²) in [7, 11) is 0. The lowest BCUT2D eigenvalue weighted by atomic mass is 10.1. The Hall–Kier alpha value is -2.86. The molecule has 1 aromatic heterocycles. The van der Waals surface area contributed by atoms with Gasteiger partial charge in [0.25, 0.3) is 5.91 Å². The van der Waals surface area contributed by atoms with Crippen LogP contribution in [-0.2, 0) is 0 Å². The van der Waals surface area contributed by atoms with Gasteiger partial charge in [0, 0.05) is 16.3 Å². The second-order valence-electron chi connectivity index (χ2n) is 6.98. The van der Waals surface area contributed by atoms with Crippen LogP contribution in [0.4, 0.5) is 5.69 Å². The van der Waals surface area contributed by atoms with Gasteiger partial charge in [-0.25, -0.2) is 9.67 Å². The van der Waals surface area contributed by atoms with Gasteiger partial charge < -0.3 is 5.32 Å². The van der Waals surface area contributed by atoms with Gasteiger partial charge in [-0.2, -0.15) is 0 Å². The molecule has 1 N–H and O–H groups in total. The zero-order chi connectivity index (χ0) is 22.1. The summed E-state index contributed by atoms with van der Waals surface area (Å²) in [6.07, 6.45) is 0. The zero-order valence-electron chi connectivity index (χ0n) is 16.7. The molecule has 4 rings (SSSR count). The summed E-state index contributed by atoms with van der Waals surface area (Å²) < 4.78 is 1.56. The summed E-state index contributed by atoms with van der Waals surface area (Å²) in [5.74, 6) is 0.0841. The Morgan fingerprint density at radius 2 is 1.68 bits per heavy atom. The van der Waals surface area contributed by atoms with Crippen molar-refractivity contribution >= 4 is 46.4 Å². The second kappa shape index (κ2) is 8.71. The smallest absolute Gasteiger partial charge is 0.295 e. The van der Waals surface area contributed by atoms with E-state index in [-0.39, 0.29) is 5.82 Å². The van der Waals surface area contributed by atoms with E-state index in [4.69, 9.17) is 34.8 Å². The van der Waals surface area contributed by atoms with Gasteiger partial charge in [0.2, 0.25) is 5.82 Å². The van der Waals surface area contributed by atoms with E-state index in [2.05, 4.69) is 15.4 Å². The van der Waals surface area contributed by atoms with Gasteiger partial charge in [0.05, 0.1) is 15.7 Å². The Bertz CT molecular complexity index is 1280. The number of carbonyl (C=O) groups is 1. The summed E-state index contributed by atoms with van der Waals surface area (Å²) in [6, 6.07) is 17.9. The number of anilines is 1. The largest absolute Gasteiger partial charge is 0.319 e. The van der Waals surface area contributed by atoms with Crippen LogP contribution < -0.4 is 5.32 Å². The van der Waals surface area contributed by atoms with Crippen molar-refractivity contribution in [2.45, 2.75) is 13.8 Å². The topological polar surface area (TPSA) is 59.8 Å². The van der Waals surface area contributed by atoms with Crippen molar-refractivity contribution in [3.05, 3.63) is 92.7 Å². The maximum absolute atomic E-state index is 13.0. The van der Waals surface area contributed by atoms with E-state index in [9.17, 15) is 4.79 Å². The lowest BCUT2D eigenvalue weighted by Crippen LogP contribution is -2.15. The van der Waals surface area contributed by atoms with Crippen LogP contribution in [0.1, 0.15) is 21.7 Å². The molecule has 0 fully saturated rings. The molecule has 3 aromatic carbocycles. The summed E-state index contributed by atoms with van der Waals surface area (Å²) in [6.45, 7) is 3.94. The van der Waals surface area contributed by atoms with E-state index in [0.29, 0.717) is 32.3 Å². The van der Waals surface area contributed by atoms with Crippen molar-refractivity contribution in [1.29, 1.82) is 0 Å². The number of rotatable bonds is 4. The molecule has 0 atom stereocenters. The highest BCUT2D eigenvalue weighted by molar-refractivity contribution is 6.42. The quantitative estimate of drug-likeness (QED) is 0.357. The van der Waals surface area contributed by atoms with Gasteiger partial charge in [0.1, 0.15) is 0 Å². The van der Waals surface area contributed by atoms with Gasteiger partial charge in [-0.15, -0.1) is 5.10 Å². The van der Waals surface area contributed by atoms with Crippen LogP contribution in [0.3, 0.4) is 0 Å². The van der Waals surface area contributed by atoms with E-state index in [1.165, 1.54) is 0 Å². The lowest BCUT2D eigenvalue weighted by Gasteiger charge is -2.08. The van der Waals surface area contributed by atoms with Gasteiger partial charge in [-0.3, -0.25) is 4.79 Å². The Morgan fingerprint density at radius 1 is 0.935 bits per heavy atom. The molecular formula is C23H17Cl3N4O. The summed E-state index contributed by atoms with van der Waals surface area (Å²) in [5.41, 5.74) is 4.14. The number of hydrogen-bond donors (Lipinski definition) is 1. The summed E-state index contributed by atoms with van der Waals surface area (Å²) in [5, 5.41) is 8.74. The number of benzene rings is 3. The molecule has 0 saturated carbocycles. The molecule has 0 bridgehead atoms. The maximum atomic E-state index is 13.0. The van der Waals surface area contributed by atoms with Crippen LogP contribution >= 0.6 is 34.8 Å². The SMILES string of the molecule is Cc1cccc(NC(=O)c2nc(-c3ccc(Cl)cc3)n(-c3ccc(Cl)c(Cl)c3)n2)c1C. The highest BCUT2D eigenvalue weighted by atomic mass is 35.5. The highest BCUT2D eigenvalue weighted by Crippen LogP contribution is 2.28. The minimum Gasteiger partial charge on any atom is -0.319 e. The normalized spacial score (nSPS) is 10.9. The number of nitrogens with zero attached hydrogens (tertiary/aromatic N) is 3. The molecule has 1 amide bonds. The summed E-state index contributed by atoms with van der Waals surface area (Å²) in [4.78, 5) is 17.5. The number of halogens is 3. The predicted molar refractivity (Wildman–Crippen MR) is 126 cm³/mol. The first kappa shape index (κ1) is 21.4. The third kappa shape index (κ3) is 4.44. The van der Waals surface area contributed by atoms with E-state index < -0.39 is 5.91 Å². The molecule has 0 saturated heterocycles. The van der Waals surface area contributed by atoms with Crippen LogP contribution in [0.2, 0.25) is 15.1 Å². The molecule has 0 aliphatic heterocycles. The Kier molecular flexibility index (Phi) is 6.01. The minimum atomic E-state index is -0.414. The average molecular weight is 472 g/mol. The Morgan fingerprint density at radius 3 is 2.39 bits per heavy atom. The fourth-order valence-electron chi connectivity index (χ4n) is 3.06. The third-order valence-electron chi connectivity index (χ3n) is 4.91. The molecule has 0 radical (unpaired) electrons. The molecule has 4 aromatic rings. The number of carbonyl (C=O) groups excluding carboxylic acids is 1. The van der Waals surface area contributed by atoms with Crippen LogP contribution in [0.15, 0.2) is 60.7 Å². The van der Waals surface area contributed by atoms with Crippen LogP contribution in [0, 0.1) is 13.8 Å². The Balaban J connectivity index is 1.78. The van der Waals surface area contributed by atoms with Crippen molar-refractivity contribution in [3.8, 4) is 17.1 Å². The Labute approximate surface area is 194 Å². The molecule has 8 heteroatoms. The molecule has 0 spiro atoms. The molecule has 0 aliphatic carbocycles. The van der Waals surface area contributed by atoms with E-state index in [0.717, 1.165) is 16.7 Å². The van der Waals surface area contributed by atoms with Crippen molar-refractivity contribution in [2.75, 3.05) is 5.32 Å². The molecule has 1 heterocycles. The molecular weight excluding hydrogens is 455 g/mol. The van der Waals surface area contributed by atoms with Crippen molar-refractivity contribution in [1.82, 2.24) is 14.8 Å². The molecule has 0 aliphatic rings. The zero-order valence-corrected chi connectivity index (χ0v) is 18.9. The lowest BCUT2D eigenvalue weighted by molar-refractivity contribution is 0.101. The molecule has 31 heavy (non-hydrogen) atoms. The molecule has 0 unspecified atom stereocenters. The average Bonchev–Trinajstić information content (AvgIpc) is 3.19. The first-order valence-electron chi connectivity index (χ1n) is 9.39.